The molecule has 0 aromatic heterocycles. The first kappa shape index (κ1) is 24.8. The molecule has 0 fully saturated rings. The van der Waals surface area contributed by atoms with Crippen LogP contribution in [-0.2, 0) is 11.4 Å². The first-order chi connectivity index (χ1) is 15.9. The summed E-state index contributed by atoms with van der Waals surface area (Å²) >= 11 is 13.2. The second-order valence-electron chi connectivity index (χ2n) is 6.81. The third-order valence-electron chi connectivity index (χ3n) is 4.39. The van der Waals surface area contributed by atoms with Gasteiger partial charge in [0.15, 0.2) is 11.5 Å². The van der Waals surface area contributed by atoms with Gasteiger partial charge in [-0.1, -0.05) is 61.7 Å². The van der Waals surface area contributed by atoms with Crippen LogP contribution in [0.5, 0.6) is 11.5 Å². The third-order valence-corrected chi connectivity index (χ3v) is 5.69. The van der Waals surface area contributed by atoms with Crippen LogP contribution in [0.4, 0.5) is 5.69 Å². The van der Waals surface area contributed by atoms with Gasteiger partial charge in [-0.15, -0.1) is 0 Å². The summed E-state index contributed by atoms with van der Waals surface area (Å²) in [5.41, 5.74) is 2.01. The second kappa shape index (κ2) is 11.9. The van der Waals surface area contributed by atoms with Gasteiger partial charge in [0.1, 0.15) is 18.2 Å². The van der Waals surface area contributed by atoms with Crippen LogP contribution in [0, 0.1) is 11.3 Å². The number of amides is 1. The second-order valence-corrected chi connectivity index (χ2v) is 9.05. The zero-order valence-corrected chi connectivity index (χ0v) is 21.5. The summed E-state index contributed by atoms with van der Waals surface area (Å²) in [7, 11) is 0. The number of ether oxygens (including phenoxy) is 2. The molecule has 8 heteroatoms. The summed E-state index contributed by atoms with van der Waals surface area (Å²) in [5.74, 6) is 0.300. The Balaban J connectivity index is 1.84. The van der Waals surface area contributed by atoms with Crippen LogP contribution in [0.2, 0.25) is 5.02 Å². The predicted molar refractivity (Wildman–Crippen MR) is 137 cm³/mol. The third kappa shape index (κ3) is 7.10. The van der Waals surface area contributed by atoms with E-state index in [0.29, 0.717) is 41.0 Å². The van der Waals surface area contributed by atoms with Crippen LogP contribution in [0.1, 0.15) is 18.1 Å². The molecule has 3 rings (SSSR count). The van der Waals surface area contributed by atoms with E-state index in [4.69, 9.17) is 21.1 Å². The van der Waals surface area contributed by atoms with Crippen LogP contribution in [0.15, 0.2) is 75.2 Å². The molecule has 0 aliphatic rings. The minimum atomic E-state index is -0.528. The zero-order valence-electron chi connectivity index (χ0n) is 17.6. The van der Waals surface area contributed by atoms with Crippen molar-refractivity contribution in [1.29, 1.82) is 5.26 Å². The molecular formula is C25H19Br2ClN2O3. The number of nitrogens with one attached hydrogen (secondary N) is 1. The molecule has 0 saturated heterocycles. The maximum Gasteiger partial charge on any atom is 0.266 e. The summed E-state index contributed by atoms with van der Waals surface area (Å²) in [6.07, 6.45) is 1.46. The summed E-state index contributed by atoms with van der Waals surface area (Å²) in [6, 6.07) is 20.1. The number of nitriles is 1. The first-order valence-electron chi connectivity index (χ1n) is 9.92. The van der Waals surface area contributed by atoms with E-state index in [-0.39, 0.29) is 5.57 Å². The maximum absolute atomic E-state index is 12.6. The van der Waals surface area contributed by atoms with Crippen molar-refractivity contribution in [2.45, 2.75) is 13.5 Å². The molecule has 0 aliphatic heterocycles. The lowest BCUT2D eigenvalue weighted by Gasteiger charge is -2.15. The lowest BCUT2D eigenvalue weighted by atomic mass is 10.1. The Hall–Kier alpha value is -2.79. The van der Waals surface area contributed by atoms with Crippen LogP contribution in [-0.4, -0.2) is 12.5 Å². The van der Waals surface area contributed by atoms with E-state index in [9.17, 15) is 10.1 Å². The van der Waals surface area contributed by atoms with Gasteiger partial charge in [-0.25, -0.2) is 0 Å². The molecule has 0 aliphatic carbocycles. The number of hydrogen-bond acceptors (Lipinski definition) is 4. The van der Waals surface area contributed by atoms with Crippen LogP contribution in [0.25, 0.3) is 6.08 Å². The van der Waals surface area contributed by atoms with Crippen molar-refractivity contribution in [3.63, 3.8) is 0 Å². The largest absolute Gasteiger partial charge is 0.490 e. The van der Waals surface area contributed by atoms with Gasteiger partial charge in [0.05, 0.1) is 11.6 Å². The fraction of sp³-hybridized carbons (Fsp3) is 0.120. The molecule has 1 amide bonds. The summed E-state index contributed by atoms with van der Waals surface area (Å²) in [5, 5.41) is 12.6. The highest BCUT2D eigenvalue weighted by molar-refractivity contribution is 9.10. The Labute approximate surface area is 214 Å². The van der Waals surface area contributed by atoms with E-state index in [0.717, 1.165) is 14.5 Å². The van der Waals surface area contributed by atoms with E-state index in [2.05, 4.69) is 37.2 Å². The normalized spacial score (nSPS) is 10.9. The smallest absolute Gasteiger partial charge is 0.266 e. The number of halogens is 3. The highest BCUT2D eigenvalue weighted by Gasteiger charge is 2.15. The van der Waals surface area contributed by atoms with Crippen LogP contribution in [0.3, 0.4) is 0 Å². The quantitative estimate of drug-likeness (QED) is 0.219. The van der Waals surface area contributed by atoms with Gasteiger partial charge in [-0.05, 0) is 66.6 Å². The molecule has 0 saturated carbocycles. The number of rotatable bonds is 8. The fourth-order valence-corrected chi connectivity index (χ4v) is 3.83. The van der Waals surface area contributed by atoms with E-state index in [1.807, 2.05) is 43.3 Å². The average molecular weight is 591 g/mol. The Morgan fingerprint density at radius 1 is 1.09 bits per heavy atom. The molecule has 0 spiro atoms. The van der Waals surface area contributed by atoms with E-state index in [1.54, 1.807) is 30.3 Å². The molecular weight excluding hydrogens is 572 g/mol. The maximum atomic E-state index is 12.6. The van der Waals surface area contributed by atoms with Crippen molar-refractivity contribution in [1.82, 2.24) is 0 Å². The Bertz CT molecular complexity index is 1220. The van der Waals surface area contributed by atoms with Gasteiger partial charge in [0.2, 0.25) is 0 Å². The molecule has 3 aromatic rings. The van der Waals surface area contributed by atoms with Gasteiger partial charge in [0, 0.05) is 14.6 Å². The van der Waals surface area contributed by atoms with E-state index < -0.39 is 5.91 Å². The van der Waals surface area contributed by atoms with Gasteiger partial charge < -0.3 is 14.8 Å². The number of hydrogen-bond donors (Lipinski definition) is 1. The van der Waals surface area contributed by atoms with Gasteiger partial charge in [-0.3, -0.25) is 4.79 Å². The molecule has 33 heavy (non-hydrogen) atoms. The average Bonchev–Trinajstić information content (AvgIpc) is 2.78. The molecule has 0 radical (unpaired) electrons. The highest BCUT2D eigenvalue weighted by atomic mass is 79.9. The summed E-state index contributed by atoms with van der Waals surface area (Å²) in [6.45, 7) is 2.55. The van der Waals surface area contributed by atoms with E-state index in [1.165, 1.54) is 6.08 Å². The number of nitrogens with zero attached hydrogens (tertiary/aromatic N) is 1. The number of carbonyl (C=O) groups is 1. The summed E-state index contributed by atoms with van der Waals surface area (Å²) < 4.78 is 13.4. The lowest BCUT2D eigenvalue weighted by molar-refractivity contribution is -0.112. The van der Waals surface area contributed by atoms with Crippen molar-refractivity contribution in [3.8, 4) is 17.6 Å². The molecule has 0 heterocycles. The van der Waals surface area contributed by atoms with Gasteiger partial charge >= 0.3 is 0 Å². The van der Waals surface area contributed by atoms with Crippen molar-refractivity contribution in [2.75, 3.05) is 11.9 Å². The molecule has 0 bridgehead atoms. The minimum absolute atomic E-state index is 0.0722. The Kier molecular flexibility index (Phi) is 8.95. The zero-order chi connectivity index (χ0) is 23.8. The van der Waals surface area contributed by atoms with Crippen molar-refractivity contribution in [3.05, 3.63) is 91.3 Å². The fourth-order valence-electron chi connectivity index (χ4n) is 2.89. The Morgan fingerprint density at radius 2 is 1.85 bits per heavy atom. The number of benzene rings is 3. The van der Waals surface area contributed by atoms with Crippen molar-refractivity contribution >= 4 is 61.1 Å². The number of anilines is 1. The topological polar surface area (TPSA) is 71.3 Å². The SMILES string of the molecule is CCOc1cc(/C=C(/C#N)C(=O)Nc2cccc(Br)c2)cc(Cl)c1OCc1ccc(Br)cc1. The molecule has 168 valence electrons. The molecule has 5 nitrogen and oxygen atoms in total. The molecule has 0 atom stereocenters. The monoisotopic (exact) mass is 588 g/mol. The van der Waals surface area contributed by atoms with Gasteiger partial charge in [0.25, 0.3) is 5.91 Å². The number of carbonyl (C=O) groups excluding carboxylic acids is 1. The molecule has 0 unspecified atom stereocenters. The molecule has 1 N–H and O–H groups in total. The van der Waals surface area contributed by atoms with Crippen LogP contribution >= 0.6 is 43.5 Å². The van der Waals surface area contributed by atoms with Gasteiger partial charge in [-0.2, -0.15) is 5.26 Å². The van der Waals surface area contributed by atoms with Crippen LogP contribution < -0.4 is 14.8 Å². The standard InChI is InChI=1S/C25H19Br2ClN2O3/c1-2-32-23-12-17(10-18(14-29)25(31)30-21-5-3-4-20(27)13-21)11-22(28)24(23)33-15-16-6-8-19(26)9-7-16/h3-13H,2,15H2,1H3,(H,30,31)/b18-10-. The van der Waals surface area contributed by atoms with Crippen molar-refractivity contribution < 1.29 is 14.3 Å². The first-order valence-corrected chi connectivity index (χ1v) is 11.9. The molecule has 3 aromatic carbocycles. The summed E-state index contributed by atoms with van der Waals surface area (Å²) in [4.78, 5) is 12.6. The van der Waals surface area contributed by atoms with Crippen molar-refractivity contribution in [2.24, 2.45) is 0 Å². The predicted octanol–water partition coefficient (Wildman–Crippen LogP) is 7.39. The van der Waals surface area contributed by atoms with E-state index >= 15 is 0 Å². The minimum Gasteiger partial charge on any atom is -0.490 e. The lowest BCUT2D eigenvalue weighted by Crippen LogP contribution is -2.13. The highest BCUT2D eigenvalue weighted by Crippen LogP contribution is 2.38. The Morgan fingerprint density at radius 3 is 2.52 bits per heavy atom.